The highest BCUT2D eigenvalue weighted by Gasteiger charge is 2.38. The molecule has 0 amide bonds. The third-order valence-electron chi connectivity index (χ3n) is 6.21. The monoisotopic (exact) mass is 492 g/mol. The van der Waals surface area contributed by atoms with Crippen molar-refractivity contribution in [2.75, 3.05) is 0 Å². The summed E-state index contributed by atoms with van der Waals surface area (Å²) in [7, 11) is 0. The first-order chi connectivity index (χ1) is 15.7. The minimum atomic E-state index is -0.909. The number of carbonyl (C=O) groups excluding carboxylic acids is 2. The van der Waals surface area contributed by atoms with Gasteiger partial charge in [-0.25, -0.2) is 4.98 Å². The van der Waals surface area contributed by atoms with E-state index in [2.05, 4.69) is 34.4 Å². The number of carboxylic acid groups (broad SMARTS) is 1. The van der Waals surface area contributed by atoms with Gasteiger partial charge in [-0.3, -0.25) is 14.4 Å². The second-order valence-corrected chi connectivity index (χ2v) is 13.1. The number of aromatic amines is 1. The number of rotatable bonds is 14. The highest BCUT2D eigenvalue weighted by Crippen LogP contribution is 2.31. The van der Waals surface area contributed by atoms with E-state index in [0.29, 0.717) is 19.3 Å². The highest BCUT2D eigenvalue weighted by atomic mass is 16.4. The molecule has 0 radical (unpaired) electrons. The topological polar surface area (TPSA) is 124 Å². The van der Waals surface area contributed by atoms with Gasteiger partial charge in [0.25, 0.3) is 0 Å². The van der Waals surface area contributed by atoms with Crippen LogP contribution < -0.4 is 10.6 Å². The van der Waals surface area contributed by atoms with Crippen molar-refractivity contribution in [3.8, 4) is 0 Å². The molecule has 35 heavy (non-hydrogen) atoms. The predicted octanol–water partition coefficient (Wildman–Crippen LogP) is 4.30. The van der Waals surface area contributed by atoms with Gasteiger partial charge in [-0.1, -0.05) is 34.6 Å². The molecule has 8 nitrogen and oxygen atoms in total. The van der Waals surface area contributed by atoms with Crippen molar-refractivity contribution in [1.82, 2.24) is 20.6 Å². The van der Waals surface area contributed by atoms with Gasteiger partial charge < -0.3 is 20.7 Å². The number of carbonyl (C=O) groups is 3. The smallest absolute Gasteiger partial charge is 0.303 e. The zero-order chi connectivity index (χ0) is 27.2. The number of nitrogens with one attached hydrogen (secondary N) is 3. The number of ketones is 2. The van der Waals surface area contributed by atoms with Gasteiger partial charge in [0.2, 0.25) is 0 Å². The van der Waals surface area contributed by atoms with Crippen molar-refractivity contribution in [3.63, 3.8) is 0 Å². The Morgan fingerprint density at radius 3 is 1.97 bits per heavy atom. The van der Waals surface area contributed by atoms with E-state index in [4.69, 9.17) is 5.11 Å². The molecule has 2 atom stereocenters. The van der Waals surface area contributed by atoms with Crippen LogP contribution in [-0.2, 0) is 20.8 Å². The first-order valence-electron chi connectivity index (χ1n) is 12.6. The van der Waals surface area contributed by atoms with Crippen molar-refractivity contribution < 1.29 is 19.5 Å². The van der Waals surface area contributed by atoms with Crippen LogP contribution in [0.2, 0.25) is 0 Å². The lowest BCUT2D eigenvalue weighted by Crippen LogP contribution is -2.54. The Morgan fingerprint density at radius 1 is 0.914 bits per heavy atom. The molecule has 1 aromatic heterocycles. The summed E-state index contributed by atoms with van der Waals surface area (Å²) in [5.74, 6) is -0.767. The normalized spacial score (nSPS) is 15.0. The Bertz CT molecular complexity index is 846. The summed E-state index contributed by atoms with van der Waals surface area (Å²) in [6.07, 6.45) is 5.31. The van der Waals surface area contributed by atoms with Crippen LogP contribution in [0.4, 0.5) is 0 Å². The number of aliphatic carboxylic acids is 1. The van der Waals surface area contributed by atoms with Gasteiger partial charge in [0.1, 0.15) is 0 Å². The maximum Gasteiger partial charge on any atom is 0.303 e. The van der Waals surface area contributed by atoms with Crippen LogP contribution >= 0.6 is 0 Å². The lowest BCUT2D eigenvalue weighted by molar-refractivity contribution is -0.137. The summed E-state index contributed by atoms with van der Waals surface area (Å²) in [4.78, 5) is 45.0. The molecule has 0 fully saturated rings. The van der Waals surface area contributed by atoms with Gasteiger partial charge in [-0.15, -0.1) is 0 Å². The van der Waals surface area contributed by atoms with Gasteiger partial charge in [0.15, 0.2) is 11.6 Å². The van der Waals surface area contributed by atoms with E-state index < -0.39 is 34.4 Å². The molecule has 0 saturated heterocycles. The van der Waals surface area contributed by atoms with Crippen LogP contribution in [0.1, 0.15) is 101 Å². The number of aromatic nitrogens is 2. The Morgan fingerprint density at radius 2 is 1.51 bits per heavy atom. The molecule has 0 saturated carbocycles. The first kappa shape index (κ1) is 31.0. The zero-order valence-corrected chi connectivity index (χ0v) is 23.5. The van der Waals surface area contributed by atoms with E-state index in [-0.39, 0.29) is 29.9 Å². The van der Waals surface area contributed by atoms with Crippen LogP contribution in [0.3, 0.4) is 0 Å². The van der Waals surface area contributed by atoms with Crippen LogP contribution in [0.15, 0.2) is 12.5 Å². The van der Waals surface area contributed by atoms with E-state index in [9.17, 15) is 14.4 Å². The van der Waals surface area contributed by atoms with E-state index in [1.165, 1.54) is 0 Å². The number of nitrogens with zero attached hydrogens (tertiary/aromatic N) is 1. The van der Waals surface area contributed by atoms with E-state index >= 15 is 0 Å². The van der Waals surface area contributed by atoms with Gasteiger partial charge >= 0.3 is 5.97 Å². The number of hydrogen-bond acceptors (Lipinski definition) is 6. The van der Waals surface area contributed by atoms with E-state index in [0.717, 1.165) is 5.69 Å². The van der Waals surface area contributed by atoms with Crippen LogP contribution in [0, 0.1) is 10.8 Å². The first-order valence-corrected chi connectivity index (χ1v) is 12.6. The quantitative estimate of drug-likeness (QED) is 0.305. The second kappa shape index (κ2) is 11.8. The van der Waals surface area contributed by atoms with Crippen molar-refractivity contribution >= 4 is 17.5 Å². The van der Waals surface area contributed by atoms with Gasteiger partial charge in [0, 0.05) is 46.6 Å². The molecule has 0 spiro atoms. The maximum atomic E-state index is 13.5. The fraction of sp³-hybridized carbons (Fsp3) is 0.778. The van der Waals surface area contributed by atoms with Crippen molar-refractivity contribution in [2.45, 2.75) is 125 Å². The fourth-order valence-corrected chi connectivity index (χ4v) is 4.17. The molecule has 200 valence electrons. The molecule has 0 bridgehead atoms. The predicted molar refractivity (Wildman–Crippen MR) is 139 cm³/mol. The van der Waals surface area contributed by atoms with Gasteiger partial charge in [0.05, 0.1) is 18.4 Å². The number of H-pyrrole nitrogens is 1. The van der Waals surface area contributed by atoms with Crippen LogP contribution in [-0.4, -0.2) is 55.8 Å². The van der Waals surface area contributed by atoms with Gasteiger partial charge in [-0.05, 0) is 53.9 Å². The van der Waals surface area contributed by atoms with Crippen molar-refractivity contribution in [2.24, 2.45) is 10.8 Å². The number of imidazole rings is 1. The summed E-state index contributed by atoms with van der Waals surface area (Å²) in [6.45, 7) is 19.6. The fourth-order valence-electron chi connectivity index (χ4n) is 4.17. The summed E-state index contributed by atoms with van der Waals surface area (Å²) in [6, 6.07) is -0.928. The third kappa shape index (κ3) is 11.0. The maximum absolute atomic E-state index is 13.5. The molecule has 0 aliphatic heterocycles. The molecule has 0 unspecified atom stereocenters. The zero-order valence-electron chi connectivity index (χ0n) is 23.5. The molecule has 8 heteroatoms. The Kier molecular flexibility index (Phi) is 10.4. The minimum Gasteiger partial charge on any atom is -0.481 e. The third-order valence-corrected chi connectivity index (χ3v) is 6.21. The Balaban J connectivity index is 2.97. The minimum absolute atomic E-state index is 0.0178. The molecular formula is C27H48N4O4. The summed E-state index contributed by atoms with van der Waals surface area (Å²) < 4.78 is 0. The summed E-state index contributed by atoms with van der Waals surface area (Å²) in [5, 5.41) is 16.0. The second-order valence-electron chi connectivity index (χ2n) is 13.1. The molecule has 4 N–H and O–H groups in total. The molecular weight excluding hydrogens is 444 g/mol. The van der Waals surface area contributed by atoms with E-state index in [1.54, 1.807) is 12.5 Å². The summed E-state index contributed by atoms with van der Waals surface area (Å²) >= 11 is 0. The van der Waals surface area contributed by atoms with Crippen molar-refractivity contribution in [1.29, 1.82) is 0 Å². The largest absolute Gasteiger partial charge is 0.481 e. The Labute approximate surface area is 211 Å². The van der Waals surface area contributed by atoms with Crippen molar-refractivity contribution in [3.05, 3.63) is 18.2 Å². The molecule has 0 aliphatic carbocycles. The van der Waals surface area contributed by atoms with Crippen LogP contribution in [0.25, 0.3) is 0 Å². The summed E-state index contributed by atoms with van der Waals surface area (Å²) in [5.41, 5.74) is -0.993. The average Bonchev–Trinajstić information content (AvgIpc) is 3.19. The number of carboxylic acids is 1. The molecule has 1 aromatic rings. The number of Topliss-reactive ketones (excluding diaryl/α,β-unsaturated/α-hetero) is 2. The SMILES string of the molecule is CC(C)(C)N[C@@H](CCC(=O)O)C(=O)C(C)(C)CCC(C)(C)N[C@@H](Cc1cnc[nH]1)C(=O)C(C)(C)C. The van der Waals surface area contributed by atoms with Gasteiger partial charge in [-0.2, -0.15) is 0 Å². The standard InChI is InChI=1S/C27H48N4O4/c1-24(2,3)22(34)20(15-18-16-28-17-29-18)31-27(9,10)14-13-26(7,8)23(35)19(11-12-21(32)33)30-25(4,5)6/h16-17,19-20,30-31H,11-15H2,1-10H3,(H,28,29)(H,32,33)/t19-,20-/m0/s1. The molecule has 1 rings (SSSR count). The lowest BCUT2D eigenvalue weighted by atomic mass is 9.75. The molecule has 0 aromatic carbocycles. The average molecular weight is 493 g/mol. The Hall–Kier alpha value is -2.06. The van der Waals surface area contributed by atoms with E-state index in [1.807, 2.05) is 55.4 Å². The number of hydrogen-bond donors (Lipinski definition) is 4. The molecule has 1 heterocycles. The van der Waals surface area contributed by atoms with Crippen LogP contribution in [0.5, 0.6) is 0 Å². The lowest BCUT2D eigenvalue weighted by Gasteiger charge is -2.37. The molecule has 0 aliphatic rings. The highest BCUT2D eigenvalue weighted by molar-refractivity contribution is 5.90.